The van der Waals surface area contributed by atoms with Gasteiger partial charge in [-0.05, 0) is 30.3 Å². The third-order valence-electron chi connectivity index (χ3n) is 2.63. The Morgan fingerprint density at radius 1 is 1.18 bits per heavy atom. The van der Waals surface area contributed by atoms with E-state index in [0.29, 0.717) is 16.8 Å². The van der Waals surface area contributed by atoms with Crippen LogP contribution >= 0.6 is 11.6 Å². The molecule has 0 aliphatic heterocycles. The minimum Gasteiger partial charge on any atom is -0.492 e. The SMILES string of the molecule is O=C(NCCOc1cccc(Cl)c1)Nc1ccc(F)cc1F. The minimum absolute atomic E-state index is 0.102. The summed E-state index contributed by atoms with van der Waals surface area (Å²) in [4.78, 5) is 11.6. The summed E-state index contributed by atoms with van der Waals surface area (Å²) in [6, 6.07) is 9.13. The fourth-order valence-corrected chi connectivity index (χ4v) is 1.83. The van der Waals surface area contributed by atoms with Gasteiger partial charge in [0.1, 0.15) is 24.0 Å². The lowest BCUT2D eigenvalue weighted by Gasteiger charge is -2.09. The number of carbonyl (C=O) groups is 1. The monoisotopic (exact) mass is 326 g/mol. The van der Waals surface area contributed by atoms with E-state index in [4.69, 9.17) is 16.3 Å². The highest BCUT2D eigenvalue weighted by Gasteiger charge is 2.07. The molecule has 7 heteroatoms. The van der Waals surface area contributed by atoms with Crippen molar-refractivity contribution in [3.05, 3.63) is 59.1 Å². The third-order valence-corrected chi connectivity index (χ3v) is 2.87. The van der Waals surface area contributed by atoms with Crippen molar-refractivity contribution in [2.24, 2.45) is 0 Å². The zero-order chi connectivity index (χ0) is 15.9. The van der Waals surface area contributed by atoms with Crippen molar-refractivity contribution in [2.45, 2.75) is 0 Å². The number of nitrogens with one attached hydrogen (secondary N) is 2. The Morgan fingerprint density at radius 3 is 2.73 bits per heavy atom. The number of urea groups is 1. The number of halogens is 3. The molecule has 22 heavy (non-hydrogen) atoms. The number of carbonyl (C=O) groups excluding carboxylic acids is 1. The maximum absolute atomic E-state index is 13.3. The lowest BCUT2D eigenvalue weighted by molar-refractivity contribution is 0.247. The van der Waals surface area contributed by atoms with Crippen LogP contribution in [0.4, 0.5) is 19.3 Å². The Balaban J connectivity index is 1.74. The van der Waals surface area contributed by atoms with E-state index in [2.05, 4.69) is 10.6 Å². The van der Waals surface area contributed by atoms with Gasteiger partial charge in [0, 0.05) is 11.1 Å². The fraction of sp³-hybridized carbons (Fsp3) is 0.133. The summed E-state index contributed by atoms with van der Waals surface area (Å²) in [5.41, 5.74) is -0.102. The van der Waals surface area contributed by atoms with E-state index in [1.165, 1.54) is 0 Å². The van der Waals surface area contributed by atoms with Gasteiger partial charge >= 0.3 is 6.03 Å². The van der Waals surface area contributed by atoms with Crippen LogP contribution in [0.25, 0.3) is 0 Å². The first kappa shape index (κ1) is 16.0. The molecular weight excluding hydrogens is 314 g/mol. The molecule has 0 spiro atoms. The van der Waals surface area contributed by atoms with Crippen LogP contribution in [0.2, 0.25) is 5.02 Å². The van der Waals surface area contributed by atoms with Crippen LogP contribution in [0.1, 0.15) is 0 Å². The Hall–Kier alpha value is -2.34. The normalized spacial score (nSPS) is 10.1. The van der Waals surface area contributed by atoms with Crippen molar-refractivity contribution in [1.82, 2.24) is 5.32 Å². The summed E-state index contributed by atoms with van der Waals surface area (Å²) in [7, 11) is 0. The van der Waals surface area contributed by atoms with Gasteiger partial charge in [-0.1, -0.05) is 17.7 Å². The van der Waals surface area contributed by atoms with Gasteiger partial charge in [0.2, 0.25) is 0 Å². The number of benzene rings is 2. The molecule has 116 valence electrons. The van der Waals surface area contributed by atoms with E-state index < -0.39 is 17.7 Å². The Kier molecular flexibility index (Phi) is 5.55. The van der Waals surface area contributed by atoms with Crippen LogP contribution in [0.15, 0.2) is 42.5 Å². The van der Waals surface area contributed by atoms with Gasteiger partial charge in [0.25, 0.3) is 0 Å². The van der Waals surface area contributed by atoms with Gasteiger partial charge in [-0.3, -0.25) is 0 Å². The van der Waals surface area contributed by atoms with Gasteiger partial charge in [0.15, 0.2) is 0 Å². The van der Waals surface area contributed by atoms with Gasteiger partial charge in [-0.2, -0.15) is 0 Å². The summed E-state index contributed by atoms with van der Waals surface area (Å²) in [6.45, 7) is 0.431. The smallest absolute Gasteiger partial charge is 0.319 e. The first-order chi connectivity index (χ1) is 10.5. The number of anilines is 1. The summed E-state index contributed by atoms with van der Waals surface area (Å²) >= 11 is 5.80. The van der Waals surface area contributed by atoms with E-state index in [0.717, 1.165) is 12.1 Å². The highest BCUT2D eigenvalue weighted by atomic mass is 35.5. The number of hydrogen-bond donors (Lipinski definition) is 2. The largest absolute Gasteiger partial charge is 0.492 e. The average Bonchev–Trinajstić information content (AvgIpc) is 2.47. The van der Waals surface area contributed by atoms with E-state index in [9.17, 15) is 13.6 Å². The maximum Gasteiger partial charge on any atom is 0.319 e. The Bertz CT molecular complexity index is 668. The first-order valence-corrected chi connectivity index (χ1v) is 6.80. The zero-order valence-corrected chi connectivity index (χ0v) is 12.2. The minimum atomic E-state index is -0.842. The molecule has 0 heterocycles. The Morgan fingerprint density at radius 2 is 2.00 bits per heavy atom. The molecular formula is C15H13ClF2N2O2. The third kappa shape index (κ3) is 4.89. The fourth-order valence-electron chi connectivity index (χ4n) is 1.65. The number of hydrogen-bond acceptors (Lipinski definition) is 2. The van der Waals surface area contributed by atoms with Crippen LogP contribution in [-0.2, 0) is 0 Å². The number of rotatable bonds is 5. The lowest BCUT2D eigenvalue weighted by Crippen LogP contribution is -2.32. The second kappa shape index (κ2) is 7.61. The van der Waals surface area contributed by atoms with E-state index in [-0.39, 0.29) is 18.8 Å². The molecule has 2 aromatic carbocycles. The van der Waals surface area contributed by atoms with E-state index >= 15 is 0 Å². The van der Waals surface area contributed by atoms with Crippen molar-refractivity contribution < 1.29 is 18.3 Å². The maximum atomic E-state index is 13.3. The second-order valence-corrected chi connectivity index (χ2v) is 4.75. The molecule has 0 atom stereocenters. The van der Waals surface area contributed by atoms with Crippen LogP contribution in [0, 0.1) is 11.6 Å². The van der Waals surface area contributed by atoms with E-state index in [1.807, 2.05) is 0 Å². The van der Waals surface area contributed by atoms with Crippen molar-refractivity contribution in [3.63, 3.8) is 0 Å². The number of ether oxygens (including phenoxy) is 1. The molecule has 0 saturated carbocycles. The lowest BCUT2D eigenvalue weighted by atomic mass is 10.3. The van der Waals surface area contributed by atoms with Crippen LogP contribution in [0.5, 0.6) is 5.75 Å². The molecule has 2 amide bonds. The average molecular weight is 327 g/mol. The van der Waals surface area contributed by atoms with Crippen molar-refractivity contribution in [2.75, 3.05) is 18.5 Å². The molecule has 0 aliphatic carbocycles. The van der Waals surface area contributed by atoms with E-state index in [1.54, 1.807) is 24.3 Å². The van der Waals surface area contributed by atoms with Crippen LogP contribution < -0.4 is 15.4 Å². The molecule has 0 aliphatic rings. The summed E-state index contributed by atoms with van der Waals surface area (Å²) < 4.78 is 31.4. The highest BCUT2D eigenvalue weighted by Crippen LogP contribution is 2.17. The zero-order valence-electron chi connectivity index (χ0n) is 11.4. The van der Waals surface area contributed by atoms with Gasteiger partial charge in [-0.15, -0.1) is 0 Å². The summed E-state index contributed by atoms with van der Waals surface area (Å²) in [5, 5.41) is 5.32. The molecule has 0 aromatic heterocycles. The molecule has 2 aromatic rings. The molecule has 2 rings (SSSR count). The molecule has 0 unspecified atom stereocenters. The van der Waals surface area contributed by atoms with Crippen LogP contribution in [-0.4, -0.2) is 19.2 Å². The number of amides is 2. The van der Waals surface area contributed by atoms with Crippen molar-refractivity contribution in [3.8, 4) is 5.75 Å². The van der Waals surface area contributed by atoms with Crippen molar-refractivity contribution in [1.29, 1.82) is 0 Å². The summed E-state index contributed by atoms with van der Waals surface area (Å²) in [5.74, 6) is -0.969. The second-order valence-electron chi connectivity index (χ2n) is 4.31. The van der Waals surface area contributed by atoms with Gasteiger partial charge < -0.3 is 15.4 Å². The molecule has 4 nitrogen and oxygen atoms in total. The van der Waals surface area contributed by atoms with Crippen molar-refractivity contribution >= 4 is 23.3 Å². The standard InChI is InChI=1S/C15H13ClF2N2O2/c16-10-2-1-3-12(8-10)22-7-6-19-15(21)20-14-5-4-11(17)9-13(14)18/h1-5,8-9H,6-7H2,(H2,19,20,21). The molecule has 0 bridgehead atoms. The molecule has 0 saturated heterocycles. The molecule has 0 radical (unpaired) electrons. The first-order valence-electron chi connectivity index (χ1n) is 6.43. The van der Waals surface area contributed by atoms with Gasteiger partial charge in [-0.25, -0.2) is 13.6 Å². The van der Waals surface area contributed by atoms with Gasteiger partial charge in [0.05, 0.1) is 12.2 Å². The quantitative estimate of drug-likeness (QED) is 0.821. The molecule has 0 fully saturated rings. The Labute approximate surface area is 131 Å². The highest BCUT2D eigenvalue weighted by molar-refractivity contribution is 6.30. The van der Waals surface area contributed by atoms with Crippen LogP contribution in [0.3, 0.4) is 0 Å². The topological polar surface area (TPSA) is 50.4 Å². The molecule has 2 N–H and O–H groups in total. The summed E-state index contributed by atoms with van der Waals surface area (Å²) in [6.07, 6.45) is 0. The predicted molar refractivity (Wildman–Crippen MR) is 80.3 cm³/mol. The predicted octanol–water partition coefficient (Wildman–Crippen LogP) is 3.82.